The third kappa shape index (κ3) is 5.05. The van der Waals surface area contributed by atoms with Crippen molar-refractivity contribution in [1.29, 1.82) is 0 Å². The largest absolute Gasteiger partial charge is 0.494 e. The monoisotopic (exact) mass is 356 g/mol. The molecule has 0 atom stereocenters. The van der Waals surface area contributed by atoms with Gasteiger partial charge in [-0.05, 0) is 91.9 Å². The van der Waals surface area contributed by atoms with E-state index in [0.29, 0.717) is 0 Å². The molecule has 26 heavy (non-hydrogen) atoms. The Hall–Kier alpha value is -0.980. The van der Waals surface area contributed by atoms with Crippen LogP contribution in [0.2, 0.25) is 0 Å². The van der Waals surface area contributed by atoms with E-state index in [9.17, 15) is 0 Å². The Morgan fingerprint density at radius 2 is 1.46 bits per heavy atom. The highest BCUT2D eigenvalue weighted by Gasteiger charge is 2.28. The second-order valence-electron chi connectivity index (χ2n) is 9.10. The van der Waals surface area contributed by atoms with Crippen LogP contribution in [0.25, 0.3) is 0 Å². The summed E-state index contributed by atoms with van der Waals surface area (Å²) in [6.45, 7) is 7.78. The molecule has 0 aliphatic heterocycles. The van der Waals surface area contributed by atoms with E-state index in [1.165, 1.54) is 64.2 Å². The van der Waals surface area contributed by atoms with Crippen LogP contribution in [0.15, 0.2) is 18.2 Å². The topological polar surface area (TPSA) is 9.23 Å². The van der Waals surface area contributed by atoms with Crippen molar-refractivity contribution in [2.24, 2.45) is 11.8 Å². The summed E-state index contributed by atoms with van der Waals surface area (Å²) in [6, 6.07) is 7.10. The van der Waals surface area contributed by atoms with Crippen LogP contribution in [0.3, 0.4) is 0 Å². The van der Waals surface area contributed by atoms with Crippen molar-refractivity contribution in [3.05, 3.63) is 29.3 Å². The first-order valence-electron chi connectivity index (χ1n) is 11.5. The normalized spacial score (nSPS) is 29.5. The fraction of sp³-hybridized carbons (Fsp3) is 0.760. The summed E-state index contributed by atoms with van der Waals surface area (Å²) in [6.07, 6.45) is 15.1. The van der Waals surface area contributed by atoms with Crippen molar-refractivity contribution in [2.75, 3.05) is 6.61 Å². The van der Waals surface area contributed by atoms with E-state index in [2.05, 4.69) is 39.0 Å². The minimum absolute atomic E-state index is 0.766. The zero-order chi connectivity index (χ0) is 18.4. The Bertz CT molecular complexity index is 533. The van der Waals surface area contributed by atoms with E-state index in [1.54, 1.807) is 11.1 Å². The van der Waals surface area contributed by atoms with Gasteiger partial charge in [-0.2, -0.15) is 0 Å². The van der Waals surface area contributed by atoms with Crippen LogP contribution in [-0.4, -0.2) is 6.61 Å². The lowest BCUT2D eigenvalue weighted by atomic mass is 9.72. The molecule has 2 aliphatic rings. The molecule has 0 heterocycles. The number of benzene rings is 1. The van der Waals surface area contributed by atoms with Gasteiger partial charge in [0.25, 0.3) is 0 Å². The second-order valence-corrected chi connectivity index (χ2v) is 9.10. The molecule has 2 fully saturated rings. The van der Waals surface area contributed by atoms with Crippen molar-refractivity contribution >= 4 is 0 Å². The van der Waals surface area contributed by atoms with Gasteiger partial charge in [-0.1, -0.05) is 52.5 Å². The van der Waals surface area contributed by atoms with Gasteiger partial charge in [-0.3, -0.25) is 0 Å². The molecule has 0 saturated heterocycles. The Morgan fingerprint density at radius 1 is 0.808 bits per heavy atom. The molecule has 1 heteroatoms. The minimum atomic E-state index is 0.766. The quantitative estimate of drug-likeness (QED) is 0.483. The lowest BCUT2D eigenvalue weighted by molar-refractivity contribution is 0.299. The SMILES string of the molecule is CCCOc1ccc(C2CCC(C)CC2)c(C2CCC(CCC)CC2)c1. The molecule has 1 nitrogen and oxygen atoms in total. The summed E-state index contributed by atoms with van der Waals surface area (Å²) in [7, 11) is 0. The average molecular weight is 357 g/mol. The first kappa shape index (κ1) is 19.8. The van der Waals surface area contributed by atoms with E-state index in [4.69, 9.17) is 4.74 Å². The van der Waals surface area contributed by atoms with E-state index in [0.717, 1.165) is 42.4 Å². The van der Waals surface area contributed by atoms with Crippen LogP contribution in [0.5, 0.6) is 5.75 Å². The Morgan fingerprint density at radius 3 is 2.12 bits per heavy atom. The summed E-state index contributed by atoms with van der Waals surface area (Å²) >= 11 is 0. The fourth-order valence-corrected chi connectivity index (χ4v) is 5.33. The second kappa shape index (κ2) is 9.81. The maximum absolute atomic E-state index is 6.01. The number of ether oxygens (including phenoxy) is 1. The molecule has 1 aromatic rings. The lowest BCUT2D eigenvalue weighted by Crippen LogP contribution is -2.17. The Balaban J connectivity index is 1.77. The van der Waals surface area contributed by atoms with Gasteiger partial charge in [0.1, 0.15) is 5.75 Å². The summed E-state index contributed by atoms with van der Waals surface area (Å²) in [4.78, 5) is 0. The summed E-state index contributed by atoms with van der Waals surface area (Å²) < 4.78 is 6.01. The predicted octanol–water partition coefficient (Wildman–Crippen LogP) is 7.84. The maximum Gasteiger partial charge on any atom is 0.119 e. The average Bonchev–Trinajstić information content (AvgIpc) is 2.68. The van der Waals surface area contributed by atoms with Gasteiger partial charge in [0.15, 0.2) is 0 Å². The molecule has 0 radical (unpaired) electrons. The molecule has 0 amide bonds. The highest BCUT2D eigenvalue weighted by molar-refractivity contribution is 5.40. The zero-order valence-electron chi connectivity index (χ0n) is 17.4. The lowest BCUT2D eigenvalue weighted by Gasteiger charge is -2.33. The molecule has 3 rings (SSSR count). The Labute approximate surface area is 161 Å². The predicted molar refractivity (Wildman–Crippen MR) is 112 cm³/mol. The van der Waals surface area contributed by atoms with E-state index < -0.39 is 0 Å². The number of hydrogen-bond acceptors (Lipinski definition) is 1. The molecule has 0 unspecified atom stereocenters. The third-order valence-electron chi connectivity index (χ3n) is 6.97. The molecule has 2 aliphatic carbocycles. The van der Waals surface area contributed by atoms with Crippen molar-refractivity contribution in [1.82, 2.24) is 0 Å². The molecule has 0 aromatic heterocycles. The van der Waals surface area contributed by atoms with Gasteiger partial charge in [0.2, 0.25) is 0 Å². The molecule has 1 aromatic carbocycles. The van der Waals surface area contributed by atoms with Crippen molar-refractivity contribution in [3.8, 4) is 5.75 Å². The van der Waals surface area contributed by atoms with E-state index >= 15 is 0 Å². The molecular weight excluding hydrogens is 316 g/mol. The highest BCUT2D eigenvalue weighted by Crippen LogP contribution is 2.44. The van der Waals surface area contributed by atoms with Crippen LogP contribution in [-0.2, 0) is 0 Å². The number of hydrogen-bond donors (Lipinski definition) is 0. The number of rotatable bonds is 7. The fourth-order valence-electron chi connectivity index (χ4n) is 5.33. The molecular formula is C25H40O. The third-order valence-corrected chi connectivity index (χ3v) is 6.97. The van der Waals surface area contributed by atoms with E-state index in [-0.39, 0.29) is 0 Å². The van der Waals surface area contributed by atoms with Gasteiger partial charge in [0, 0.05) is 0 Å². The summed E-state index contributed by atoms with van der Waals surface area (Å²) in [5.74, 6) is 4.56. The van der Waals surface area contributed by atoms with Crippen molar-refractivity contribution in [2.45, 2.75) is 103 Å². The molecule has 146 valence electrons. The minimum Gasteiger partial charge on any atom is -0.494 e. The first-order valence-corrected chi connectivity index (χ1v) is 11.5. The molecule has 0 bridgehead atoms. The van der Waals surface area contributed by atoms with Crippen LogP contribution in [0.1, 0.15) is 114 Å². The van der Waals surface area contributed by atoms with Crippen LogP contribution >= 0.6 is 0 Å². The van der Waals surface area contributed by atoms with Gasteiger partial charge < -0.3 is 4.74 Å². The maximum atomic E-state index is 6.01. The van der Waals surface area contributed by atoms with Gasteiger partial charge in [0.05, 0.1) is 6.61 Å². The smallest absolute Gasteiger partial charge is 0.119 e. The van der Waals surface area contributed by atoms with Gasteiger partial charge >= 0.3 is 0 Å². The van der Waals surface area contributed by atoms with Gasteiger partial charge in [-0.15, -0.1) is 0 Å². The molecule has 0 N–H and O–H groups in total. The first-order chi connectivity index (χ1) is 12.7. The molecule has 2 saturated carbocycles. The van der Waals surface area contributed by atoms with Crippen LogP contribution in [0, 0.1) is 11.8 Å². The van der Waals surface area contributed by atoms with Crippen LogP contribution < -0.4 is 4.74 Å². The summed E-state index contributed by atoms with van der Waals surface area (Å²) in [5, 5.41) is 0. The summed E-state index contributed by atoms with van der Waals surface area (Å²) in [5.41, 5.74) is 3.31. The van der Waals surface area contributed by atoms with E-state index in [1.807, 2.05) is 0 Å². The van der Waals surface area contributed by atoms with Crippen molar-refractivity contribution in [3.63, 3.8) is 0 Å². The zero-order valence-corrected chi connectivity index (χ0v) is 17.4. The van der Waals surface area contributed by atoms with Crippen LogP contribution in [0.4, 0.5) is 0 Å². The standard InChI is InChI=1S/C25H40O/c1-4-6-20-9-13-22(14-10-20)25-18-23(26-17-5-2)15-16-24(25)21-11-7-19(3)8-12-21/h15-16,18-22H,4-14,17H2,1-3H3. The Kier molecular flexibility index (Phi) is 7.46. The highest BCUT2D eigenvalue weighted by atomic mass is 16.5. The van der Waals surface area contributed by atoms with Gasteiger partial charge in [-0.25, -0.2) is 0 Å². The molecule has 0 spiro atoms. The van der Waals surface area contributed by atoms with Crippen molar-refractivity contribution < 1.29 is 4.74 Å².